The maximum Gasteiger partial charge on any atom is 0.275 e. The molecule has 4 nitrogen and oxygen atoms in total. The molecule has 0 bridgehead atoms. The van der Waals surface area contributed by atoms with Crippen LogP contribution in [-0.4, -0.2) is 12.5 Å². The average Bonchev–Trinajstić information content (AvgIpc) is 2.59. The van der Waals surface area contributed by atoms with Gasteiger partial charge in [0, 0.05) is 11.3 Å². The second-order valence-corrected chi connectivity index (χ2v) is 3.97. The molecular weight excluding hydrogens is 188 g/mol. The number of ether oxygens (including phenoxy) is 1. The summed E-state index contributed by atoms with van der Waals surface area (Å²) in [5, 5.41) is 0. The Hall–Kier alpha value is -0.910. The van der Waals surface area contributed by atoms with Gasteiger partial charge in [0.2, 0.25) is 0 Å². The zero-order valence-electron chi connectivity index (χ0n) is 7.00. The Morgan fingerprint density at radius 3 is 3.23 bits per heavy atom. The molecule has 5 heteroatoms. The van der Waals surface area contributed by atoms with Crippen LogP contribution >= 0.6 is 11.3 Å². The average molecular weight is 198 g/mol. The smallest absolute Gasteiger partial charge is 0.275 e. The monoisotopic (exact) mass is 198 g/mol. The molecule has 2 heterocycles. The van der Waals surface area contributed by atoms with Gasteiger partial charge >= 0.3 is 0 Å². The molecule has 0 unspecified atom stereocenters. The quantitative estimate of drug-likeness (QED) is 0.390. The number of amides is 1. The molecule has 0 aromatic carbocycles. The van der Waals surface area contributed by atoms with E-state index in [1.807, 2.05) is 6.07 Å². The van der Waals surface area contributed by atoms with Gasteiger partial charge in [-0.3, -0.25) is 10.2 Å². The molecule has 0 radical (unpaired) electrons. The van der Waals surface area contributed by atoms with Crippen molar-refractivity contribution in [2.24, 2.45) is 5.84 Å². The second kappa shape index (κ2) is 3.45. The first-order valence-corrected chi connectivity index (χ1v) is 4.83. The number of hydrogen-bond acceptors (Lipinski definition) is 4. The van der Waals surface area contributed by atoms with E-state index in [0.29, 0.717) is 11.5 Å². The van der Waals surface area contributed by atoms with Gasteiger partial charge in [0.25, 0.3) is 5.91 Å². The van der Waals surface area contributed by atoms with E-state index in [0.717, 1.165) is 18.6 Å². The van der Waals surface area contributed by atoms with Gasteiger partial charge in [-0.25, -0.2) is 5.84 Å². The van der Waals surface area contributed by atoms with Crippen LogP contribution in [0.15, 0.2) is 6.07 Å². The molecule has 0 spiro atoms. The minimum absolute atomic E-state index is 0.223. The summed E-state index contributed by atoms with van der Waals surface area (Å²) in [6.07, 6.45) is 0.901. The number of thiophene rings is 1. The van der Waals surface area contributed by atoms with Gasteiger partial charge in [-0.1, -0.05) is 0 Å². The molecule has 1 aliphatic heterocycles. The molecule has 1 aromatic heterocycles. The van der Waals surface area contributed by atoms with Crippen LogP contribution in [0.1, 0.15) is 20.1 Å². The summed E-state index contributed by atoms with van der Waals surface area (Å²) in [7, 11) is 0. The third-order valence-corrected chi connectivity index (χ3v) is 3.22. The number of nitrogens with two attached hydrogens (primary N) is 1. The standard InChI is InChI=1S/C8H10N2O2S/c9-10-8(11)7-3-5-4-12-2-1-6(5)13-7/h3H,1-2,4,9H2,(H,10,11). The Labute approximate surface area is 79.7 Å². The highest BCUT2D eigenvalue weighted by Crippen LogP contribution is 2.26. The van der Waals surface area contributed by atoms with Crippen LogP contribution in [0.4, 0.5) is 0 Å². The lowest BCUT2D eigenvalue weighted by molar-refractivity contribution is 0.0957. The Balaban J connectivity index is 2.30. The normalized spacial score (nSPS) is 15.2. The molecule has 3 N–H and O–H groups in total. The van der Waals surface area contributed by atoms with E-state index < -0.39 is 0 Å². The van der Waals surface area contributed by atoms with Gasteiger partial charge in [-0.05, 0) is 11.6 Å². The van der Waals surface area contributed by atoms with Crippen LogP contribution in [0.3, 0.4) is 0 Å². The molecule has 70 valence electrons. The van der Waals surface area contributed by atoms with Crippen LogP contribution in [0.2, 0.25) is 0 Å². The molecule has 1 amide bonds. The minimum Gasteiger partial charge on any atom is -0.376 e. The van der Waals surface area contributed by atoms with Crippen molar-refractivity contribution >= 4 is 17.2 Å². The van der Waals surface area contributed by atoms with Gasteiger partial charge in [-0.15, -0.1) is 11.3 Å². The van der Waals surface area contributed by atoms with Crippen molar-refractivity contribution in [1.29, 1.82) is 0 Å². The fraction of sp³-hybridized carbons (Fsp3) is 0.375. The fourth-order valence-electron chi connectivity index (χ4n) is 1.33. The highest BCUT2D eigenvalue weighted by atomic mass is 32.1. The maximum atomic E-state index is 11.2. The number of nitrogens with one attached hydrogen (secondary N) is 1. The van der Waals surface area contributed by atoms with Crippen LogP contribution in [0.5, 0.6) is 0 Å². The van der Waals surface area contributed by atoms with Crippen molar-refractivity contribution in [3.8, 4) is 0 Å². The first kappa shape index (κ1) is 8.68. The van der Waals surface area contributed by atoms with E-state index in [1.165, 1.54) is 16.2 Å². The Morgan fingerprint density at radius 2 is 2.54 bits per heavy atom. The van der Waals surface area contributed by atoms with E-state index in [2.05, 4.69) is 5.43 Å². The molecule has 0 atom stereocenters. The zero-order valence-corrected chi connectivity index (χ0v) is 7.82. The number of fused-ring (bicyclic) bond motifs is 1. The van der Waals surface area contributed by atoms with Crippen molar-refractivity contribution < 1.29 is 9.53 Å². The van der Waals surface area contributed by atoms with E-state index in [9.17, 15) is 4.79 Å². The van der Waals surface area contributed by atoms with E-state index in [1.54, 1.807) is 0 Å². The van der Waals surface area contributed by atoms with Crippen molar-refractivity contribution in [1.82, 2.24) is 5.43 Å². The number of nitrogen functional groups attached to an aromatic ring is 1. The predicted octanol–water partition coefficient (Wildman–Crippen LogP) is 0.424. The first-order chi connectivity index (χ1) is 6.31. The molecule has 13 heavy (non-hydrogen) atoms. The van der Waals surface area contributed by atoms with Crippen molar-refractivity contribution in [3.63, 3.8) is 0 Å². The summed E-state index contributed by atoms with van der Waals surface area (Å²) < 4.78 is 5.27. The molecule has 2 rings (SSSR count). The Kier molecular flexibility index (Phi) is 2.30. The van der Waals surface area contributed by atoms with Crippen molar-refractivity contribution in [2.45, 2.75) is 13.0 Å². The molecule has 0 fully saturated rings. The zero-order chi connectivity index (χ0) is 9.26. The van der Waals surface area contributed by atoms with Crippen molar-refractivity contribution in [2.75, 3.05) is 6.61 Å². The minimum atomic E-state index is -0.223. The van der Waals surface area contributed by atoms with E-state index in [4.69, 9.17) is 10.6 Å². The Morgan fingerprint density at radius 1 is 1.69 bits per heavy atom. The maximum absolute atomic E-state index is 11.2. The number of hydrogen-bond donors (Lipinski definition) is 2. The topological polar surface area (TPSA) is 64.3 Å². The summed E-state index contributed by atoms with van der Waals surface area (Å²) in [4.78, 5) is 13.1. The highest BCUT2D eigenvalue weighted by Gasteiger charge is 2.16. The fourth-order valence-corrected chi connectivity index (χ4v) is 2.38. The molecule has 1 aromatic rings. The van der Waals surface area contributed by atoms with Gasteiger partial charge in [0.15, 0.2) is 0 Å². The van der Waals surface area contributed by atoms with Gasteiger partial charge < -0.3 is 4.74 Å². The van der Waals surface area contributed by atoms with Crippen molar-refractivity contribution in [3.05, 3.63) is 21.4 Å². The largest absolute Gasteiger partial charge is 0.376 e. The number of carbonyl (C=O) groups excluding carboxylic acids is 1. The number of rotatable bonds is 1. The summed E-state index contributed by atoms with van der Waals surface area (Å²) in [5.74, 6) is 4.82. The summed E-state index contributed by atoms with van der Waals surface area (Å²) >= 11 is 1.50. The third kappa shape index (κ3) is 1.58. The van der Waals surface area contributed by atoms with Gasteiger partial charge in [-0.2, -0.15) is 0 Å². The van der Waals surface area contributed by atoms with Crippen LogP contribution < -0.4 is 11.3 Å². The predicted molar refractivity (Wildman–Crippen MR) is 49.3 cm³/mol. The van der Waals surface area contributed by atoms with E-state index in [-0.39, 0.29) is 5.91 Å². The SMILES string of the molecule is NNC(=O)c1cc2c(s1)CCOC2. The number of carbonyl (C=O) groups is 1. The lowest BCUT2D eigenvalue weighted by atomic mass is 10.2. The van der Waals surface area contributed by atoms with Crippen LogP contribution in [-0.2, 0) is 17.8 Å². The van der Waals surface area contributed by atoms with Crippen LogP contribution in [0, 0.1) is 0 Å². The summed E-state index contributed by atoms with van der Waals surface area (Å²) in [5.41, 5.74) is 3.24. The molecule has 0 aliphatic carbocycles. The van der Waals surface area contributed by atoms with Gasteiger partial charge in [0.1, 0.15) is 0 Å². The molecule has 0 saturated heterocycles. The highest BCUT2D eigenvalue weighted by molar-refractivity contribution is 7.14. The molecule has 0 saturated carbocycles. The Bertz CT molecular complexity index is 311. The number of hydrazine groups is 1. The van der Waals surface area contributed by atoms with Crippen LogP contribution in [0.25, 0.3) is 0 Å². The first-order valence-electron chi connectivity index (χ1n) is 4.01. The lowest BCUT2D eigenvalue weighted by Gasteiger charge is -2.10. The molecule has 1 aliphatic rings. The van der Waals surface area contributed by atoms with E-state index >= 15 is 0 Å². The third-order valence-electron chi connectivity index (χ3n) is 1.98. The summed E-state index contributed by atoms with van der Waals surface area (Å²) in [6.45, 7) is 1.36. The summed E-state index contributed by atoms with van der Waals surface area (Å²) in [6, 6.07) is 1.85. The second-order valence-electron chi connectivity index (χ2n) is 2.84. The van der Waals surface area contributed by atoms with Gasteiger partial charge in [0.05, 0.1) is 18.1 Å². The lowest BCUT2D eigenvalue weighted by Crippen LogP contribution is -2.29. The molecular formula is C8H10N2O2S.